The molecule has 2 aliphatic carbocycles. The molecule has 0 heterocycles. The number of hydrogen-bond acceptors (Lipinski definition) is 1. The highest BCUT2D eigenvalue weighted by molar-refractivity contribution is 5.86. The van der Waals surface area contributed by atoms with Crippen LogP contribution in [0.1, 0.15) is 32.6 Å². The summed E-state index contributed by atoms with van der Waals surface area (Å²) in [6.45, 7) is 2.14. The summed E-state index contributed by atoms with van der Waals surface area (Å²) in [7, 11) is 0. The lowest BCUT2D eigenvalue weighted by atomic mass is 9.86. The zero-order valence-corrected chi connectivity index (χ0v) is 6.47. The average molecular weight is 138 g/mol. The molecule has 0 unspecified atom stereocenters. The van der Waals surface area contributed by atoms with Gasteiger partial charge in [-0.15, -0.1) is 0 Å². The Hall–Kier alpha value is -0.330. The average Bonchev–Trinajstić information content (AvgIpc) is 2.46. The molecule has 1 nitrogen and oxygen atoms in total. The largest absolute Gasteiger partial charge is 0.299 e. The lowest BCUT2D eigenvalue weighted by Crippen LogP contribution is -2.20. The fourth-order valence-electron chi connectivity index (χ4n) is 2.71. The summed E-state index contributed by atoms with van der Waals surface area (Å²) in [5.74, 6) is 2.30. The Balaban J connectivity index is 2.17. The highest BCUT2D eigenvalue weighted by atomic mass is 16.1. The predicted octanol–water partition coefficient (Wildman–Crippen LogP) is 2.01. The first-order chi connectivity index (χ1) is 4.83. The van der Waals surface area contributed by atoms with Crippen LogP contribution >= 0.6 is 0 Å². The van der Waals surface area contributed by atoms with Crippen LogP contribution in [0, 0.1) is 17.8 Å². The molecule has 0 radical (unpaired) electrons. The second-order valence-electron chi connectivity index (χ2n) is 3.69. The van der Waals surface area contributed by atoms with E-state index in [9.17, 15) is 4.79 Å². The molecular weight excluding hydrogens is 124 g/mol. The fraction of sp³-hybridized carbons (Fsp3) is 0.889. The van der Waals surface area contributed by atoms with E-state index in [0.717, 1.165) is 12.3 Å². The Kier molecular flexibility index (Phi) is 1.33. The van der Waals surface area contributed by atoms with Gasteiger partial charge in [0.1, 0.15) is 5.78 Å². The molecule has 56 valence electrons. The molecule has 2 fully saturated rings. The third-order valence-electron chi connectivity index (χ3n) is 3.25. The molecule has 1 heteroatoms. The van der Waals surface area contributed by atoms with Crippen molar-refractivity contribution in [3.63, 3.8) is 0 Å². The molecule has 3 atom stereocenters. The lowest BCUT2D eigenvalue weighted by Gasteiger charge is -2.17. The topological polar surface area (TPSA) is 17.1 Å². The van der Waals surface area contributed by atoms with Gasteiger partial charge in [0.25, 0.3) is 0 Å². The first-order valence-corrected chi connectivity index (χ1v) is 4.36. The van der Waals surface area contributed by atoms with E-state index in [1.807, 2.05) is 0 Å². The van der Waals surface area contributed by atoms with Gasteiger partial charge in [0.2, 0.25) is 0 Å². The van der Waals surface area contributed by atoms with Crippen LogP contribution in [-0.4, -0.2) is 5.78 Å². The number of hydrogen-bond donors (Lipinski definition) is 0. The van der Waals surface area contributed by atoms with Gasteiger partial charge in [-0.25, -0.2) is 0 Å². The summed E-state index contributed by atoms with van der Waals surface area (Å²) in [6.07, 6.45) is 4.83. The van der Waals surface area contributed by atoms with E-state index >= 15 is 0 Å². The lowest BCUT2D eigenvalue weighted by molar-refractivity contribution is -0.125. The molecule has 10 heavy (non-hydrogen) atoms. The third-order valence-corrected chi connectivity index (χ3v) is 3.25. The number of rotatable bonds is 1. The molecule has 2 rings (SSSR count). The molecule has 0 N–H and O–H groups in total. The SMILES string of the molecule is CC[C@@H]1C(=O)[C@H]2CC[C@@H]1C2. The van der Waals surface area contributed by atoms with Crippen molar-refractivity contribution in [2.45, 2.75) is 32.6 Å². The maximum Gasteiger partial charge on any atom is 0.139 e. The van der Waals surface area contributed by atoms with E-state index in [1.54, 1.807) is 0 Å². The standard InChI is InChI=1S/C9H14O/c1-2-8-6-3-4-7(5-6)9(8)10/h6-8H,2-5H2,1H3/t6-,7+,8+/m1/s1. The quantitative estimate of drug-likeness (QED) is 0.541. The van der Waals surface area contributed by atoms with Crippen LogP contribution in [-0.2, 0) is 4.79 Å². The second-order valence-corrected chi connectivity index (χ2v) is 3.69. The minimum absolute atomic E-state index is 0.457. The van der Waals surface area contributed by atoms with Crippen molar-refractivity contribution in [3.8, 4) is 0 Å². The van der Waals surface area contributed by atoms with Gasteiger partial charge in [-0.3, -0.25) is 4.79 Å². The molecular formula is C9H14O. The summed E-state index contributed by atoms with van der Waals surface area (Å²) in [6, 6.07) is 0. The highest BCUT2D eigenvalue weighted by Gasteiger charge is 2.45. The van der Waals surface area contributed by atoms with E-state index in [-0.39, 0.29) is 0 Å². The summed E-state index contributed by atoms with van der Waals surface area (Å²) < 4.78 is 0. The number of Topliss-reactive ketones (excluding diaryl/α,β-unsaturated/α-hetero) is 1. The van der Waals surface area contributed by atoms with Crippen LogP contribution in [0.25, 0.3) is 0 Å². The maximum absolute atomic E-state index is 11.4. The molecule has 0 saturated heterocycles. The van der Waals surface area contributed by atoms with Crippen molar-refractivity contribution < 1.29 is 4.79 Å². The van der Waals surface area contributed by atoms with Crippen molar-refractivity contribution >= 4 is 5.78 Å². The maximum atomic E-state index is 11.4. The second kappa shape index (κ2) is 2.08. The molecule has 0 aromatic heterocycles. The third kappa shape index (κ3) is 0.664. The van der Waals surface area contributed by atoms with Crippen molar-refractivity contribution in [1.29, 1.82) is 0 Å². The van der Waals surface area contributed by atoms with Crippen molar-refractivity contribution in [2.75, 3.05) is 0 Å². The van der Waals surface area contributed by atoms with Crippen LogP contribution in [0.4, 0.5) is 0 Å². The van der Waals surface area contributed by atoms with Gasteiger partial charge >= 0.3 is 0 Å². The Morgan fingerprint density at radius 1 is 1.50 bits per heavy atom. The molecule has 0 aromatic rings. The van der Waals surface area contributed by atoms with Crippen molar-refractivity contribution in [3.05, 3.63) is 0 Å². The molecule has 0 spiro atoms. The predicted molar refractivity (Wildman–Crippen MR) is 39.6 cm³/mol. The van der Waals surface area contributed by atoms with Crippen molar-refractivity contribution in [1.82, 2.24) is 0 Å². The van der Waals surface area contributed by atoms with E-state index in [0.29, 0.717) is 17.6 Å². The number of carbonyl (C=O) groups is 1. The number of carbonyl (C=O) groups excluding carboxylic acids is 1. The van der Waals surface area contributed by atoms with Crippen molar-refractivity contribution in [2.24, 2.45) is 17.8 Å². The van der Waals surface area contributed by atoms with Gasteiger partial charge in [0, 0.05) is 11.8 Å². The van der Waals surface area contributed by atoms with Crippen LogP contribution in [0.2, 0.25) is 0 Å². The van der Waals surface area contributed by atoms with Gasteiger partial charge < -0.3 is 0 Å². The van der Waals surface area contributed by atoms with Crippen LogP contribution < -0.4 is 0 Å². The van der Waals surface area contributed by atoms with Gasteiger partial charge in [0.05, 0.1) is 0 Å². The Morgan fingerprint density at radius 2 is 2.30 bits per heavy atom. The summed E-state index contributed by atoms with van der Waals surface area (Å²) in [5, 5.41) is 0. The first-order valence-electron chi connectivity index (χ1n) is 4.36. The van der Waals surface area contributed by atoms with Crippen LogP contribution in [0.5, 0.6) is 0 Å². The van der Waals surface area contributed by atoms with Gasteiger partial charge in [0.15, 0.2) is 0 Å². The highest BCUT2D eigenvalue weighted by Crippen LogP contribution is 2.46. The first kappa shape index (κ1) is 6.38. The molecule has 0 aromatic carbocycles. The van der Waals surface area contributed by atoms with Gasteiger partial charge in [-0.1, -0.05) is 6.92 Å². The van der Waals surface area contributed by atoms with Gasteiger partial charge in [-0.05, 0) is 31.6 Å². The van der Waals surface area contributed by atoms with E-state index in [4.69, 9.17) is 0 Å². The van der Waals surface area contributed by atoms with Gasteiger partial charge in [-0.2, -0.15) is 0 Å². The molecule has 0 aliphatic heterocycles. The minimum atomic E-state index is 0.457. The van der Waals surface area contributed by atoms with E-state index < -0.39 is 0 Å². The van der Waals surface area contributed by atoms with Crippen LogP contribution in [0.3, 0.4) is 0 Å². The molecule has 2 saturated carbocycles. The molecule has 2 bridgehead atoms. The summed E-state index contributed by atoms with van der Waals surface area (Å²) in [5.41, 5.74) is 0. The zero-order chi connectivity index (χ0) is 7.14. The molecule has 0 amide bonds. The summed E-state index contributed by atoms with van der Waals surface area (Å²) >= 11 is 0. The zero-order valence-electron chi connectivity index (χ0n) is 6.47. The Labute approximate surface area is 61.8 Å². The monoisotopic (exact) mass is 138 g/mol. The number of fused-ring (bicyclic) bond motifs is 2. The summed E-state index contributed by atoms with van der Waals surface area (Å²) in [4.78, 5) is 11.4. The molecule has 2 aliphatic rings. The fourth-order valence-corrected chi connectivity index (χ4v) is 2.71. The Bertz CT molecular complexity index is 162. The minimum Gasteiger partial charge on any atom is -0.299 e. The van der Waals surface area contributed by atoms with E-state index in [2.05, 4.69) is 6.92 Å². The normalized spacial score (nSPS) is 44.9. The smallest absolute Gasteiger partial charge is 0.139 e. The van der Waals surface area contributed by atoms with E-state index in [1.165, 1.54) is 19.3 Å². The Morgan fingerprint density at radius 3 is 2.70 bits per heavy atom. The number of ketones is 1. The van der Waals surface area contributed by atoms with Crippen LogP contribution in [0.15, 0.2) is 0 Å².